The van der Waals surface area contributed by atoms with E-state index < -0.39 is 0 Å². The molecule has 2 rings (SSSR count). The van der Waals surface area contributed by atoms with Gasteiger partial charge in [0.25, 0.3) is 0 Å². The molecule has 0 N–H and O–H groups in total. The van der Waals surface area contributed by atoms with Crippen molar-refractivity contribution in [1.82, 2.24) is 4.90 Å². The molecule has 0 bridgehead atoms. The monoisotopic (exact) mass is 276 g/mol. The second kappa shape index (κ2) is 6.64. The number of carbonyl (C=O) groups excluding carboxylic acids is 1. The number of nitrogens with zero attached hydrogens (tertiary/aromatic N) is 2. The van der Waals surface area contributed by atoms with Crippen molar-refractivity contribution in [3.05, 3.63) is 24.3 Å². The minimum atomic E-state index is 0.0898. The highest BCUT2D eigenvalue weighted by Crippen LogP contribution is 2.21. The molecule has 1 aliphatic heterocycles. The van der Waals surface area contributed by atoms with Crippen LogP contribution in [0.2, 0.25) is 0 Å². The van der Waals surface area contributed by atoms with Crippen LogP contribution in [0.3, 0.4) is 0 Å². The molecular formula is C16H24N2O2. The van der Waals surface area contributed by atoms with Crippen molar-refractivity contribution in [2.24, 2.45) is 5.92 Å². The smallest absolute Gasteiger partial charge is 0.225 e. The third-order valence-electron chi connectivity index (χ3n) is 3.60. The minimum Gasteiger partial charge on any atom is -0.494 e. The lowest BCUT2D eigenvalue weighted by Crippen LogP contribution is -2.49. The van der Waals surface area contributed by atoms with Crippen LogP contribution >= 0.6 is 0 Å². The van der Waals surface area contributed by atoms with Gasteiger partial charge in [-0.25, -0.2) is 0 Å². The Balaban J connectivity index is 1.91. The Hall–Kier alpha value is -1.71. The Morgan fingerprint density at radius 1 is 1.15 bits per heavy atom. The second-order valence-corrected chi connectivity index (χ2v) is 5.39. The molecule has 0 spiro atoms. The van der Waals surface area contributed by atoms with Gasteiger partial charge in [0.15, 0.2) is 0 Å². The molecule has 0 aromatic heterocycles. The topological polar surface area (TPSA) is 32.8 Å². The van der Waals surface area contributed by atoms with E-state index in [0.29, 0.717) is 6.61 Å². The van der Waals surface area contributed by atoms with E-state index in [1.807, 2.05) is 37.8 Å². The predicted octanol–water partition coefficient (Wildman–Crippen LogP) is 2.39. The van der Waals surface area contributed by atoms with E-state index in [9.17, 15) is 4.79 Å². The van der Waals surface area contributed by atoms with E-state index in [0.717, 1.165) is 31.9 Å². The first-order valence-corrected chi connectivity index (χ1v) is 7.38. The molecule has 1 aromatic rings. The summed E-state index contributed by atoms with van der Waals surface area (Å²) in [6.07, 6.45) is 0. The molecule has 0 aliphatic carbocycles. The van der Waals surface area contributed by atoms with Crippen molar-refractivity contribution in [2.75, 3.05) is 37.7 Å². The van der Waals surface area contributed by atoms with Crippen LogP contribution in [0.4, 0.5) is 5.69 Å². The number of hydrogen-bond acceptors (Lipinski definition) is 3. The molecule has 1 aliphatic rings. The summed E-state index contributed by atoms with van der Waals surface area (Å²) in [6.45, 7) is 10.0. The van der Waals surface area contributed by atoms with E-state index in [2.05, 4.69) is 17.0 Å². The number of anilines is 1. The van der Waals surface area contributed by atoms with Crippen LogP contribution in [0.15, 0.2) is 24.3 Å². The van der Waals surface area contributed by atoms with E-state index >= 15 is 0 Å². The molecule has 0 radical (unpaired) electrons. The molecule has 1 fully saturated rings. The summed E-state index contributed by atoms with van der Waals surface area (Å²) >= 11 is 0. The lowest BCUT2D eigenvalue weighted by Gasteiger charge is -2.36. The number of rotatable bonds is 4. The molecule has 4 nitrogen and oxygen atoms in total. The zero-order valence-corrected chi connectivity index (χ0v) is 12.6. The molecule has 20 heavy (non-hydrogen) atoms. The van der Waals surface area contributed by atoms with Gasteiger partial charge in [-0.1, -0.05) is 13.8 Å². The average Bonchev–Trinajstić information content (AvgIpc) is 2.48. The van der Waals surface area contributed by atoms with Gasteiger partial charge in [-0.3, -0.25) is 4.79 Å². The maximum atomic E-state index is 11.9. The number of piperazine rings is 1. The van der Waals surface area contributed by atoms with Crippen molar-refractivity contribution in [3.63, 3.8) is 0 Å². The molecule has 0 unspecified atom stereocenters. The van der Waals surface area contributed by atoms with Crippen LogP contribution in [0.5, 0.6) is 5.75 Å². The average molecular weight is 276 g/mol. The fourth-order valence-corrected chi connectivity index (χ4v) is 2.47. The summed E-state index contributed by atoms with van der Waals surface area (Å²) in [5.41, 5.74) is 1.20. The van der Waals surface area contributed by atoms with Crippen LogP contribution < -0.4 is 9.64 Å². The number of carbonyl (C=O) groups is 1. The Morgan fingerprint density at radius 3 is 2.25 bits per heavy atom. The van der Waals surface area contributed by atoms with Gasteiger partial charge in [0.05, 0.1) is 6.61 Å². The summed E-state index contributed by atoms with van der Waals surface area (Å²) in [6, 6.07) is 8.19. The Morgan fingerprint density at radius 2 is 1.75 bits per heavy atom. The first kappa shape index (κ1) is 14.7. The van der Waals surface area contributed by atoms with Gasteiger partial charge in [0.2, 0.25) is 5.91 Å². The fraction of sp³-hybridized carbons (Fsp3) is 0.562. The lowest BCUT2D eigenvalue weighted by atomic mass is 10.1. The third kappa shape index (κ3) is 3.44. The van der Waals surface area contributed by atoms with Crippen LogP contribution in [0.25, 0.3) is 0 Å². The van der Waals surface area contributed by atoms with E-state index in [4.69, 9.17) is 4.74 Å². The molecule has 0 atom stereocenters. The number of benzene rings is 1. The van der Waals surface area contributed by atoms with Gasteiger partial charge >= 0.3 is 0 Å². The van der Waals surface area contributed by atoms with Gasteiger partial charge in [0.1, 0.15) is 5.75 Å². The molecule has 1 aromatic carbocycles. The molecule has 1 amide bonds. The first-order valence-electron chi connectivity index (χ1n) is 7.38. The molecule has 1 heterocycles. The maximum absolute atomic E-state index is 11.9. The summed E-state index contributed by atoms with van der Waals surface area (Å²) in [4.78, 5) is 16.2. The normalized spacial score (nSPS) is 15.6. The quantitative estimate of drug-likeness (QED) is 0.846. The Labute approximate surface area is 121 Å². The van der Waals surface area contributed by atoms with Gasteiger partial charge in [-0.15, -0.1) is 0 Å². The number of amides is 1. The third-order valence-corrected chi connectivity index (χ3v) is 3.60. The van der Waals surface area contributed by atoms with Gasteiger partial charge in [-0.05, 0) is 31.2 Å². The fourth-order valence-electron chi connectivity index (χ4n) is 2.47. The maximum Gasteiger partial charge on any atom is 0.225 e. The molecule has 4 heteroatoms. The van der Waals surface area contributed by atoms with Crippen LogP contribution in [0.1, 0.15) is 20.8 Å². The predicted molar refractivity (Wildman–Crippen MR) is 81.2 cm³/mol. The van der Waals surface area contributed by atoms with Crippen LogP contribution in [-0.2, 0) is 4.79 Å². The van der Waals surface area contributed by atoms with Gasteiger partial charge < -0.3 is 14.5 Å². The molecule has 1 saturated heterocycles. The van der Waals surface area contributed by atoms with Crippen LogP contribution in [0, 0.1) is 5.92 Å². The highest BCUT2D eigenvalue weighted by molar-refractivity contribution is 5.78. The summed E-state index contributed by atoms with van der Waals surface area (Å²) in [5, 5.41) is 0. The second-order valence-electron chi connectivity index (χ2n) is 5.39. The number of ether oxygens (including phenoxy) is 1. The van der Waals surface area contributed by atoms with Crippen molar-refractivity contribution in [3.8, 4) is 5.75 Å². The summed E-state index contributed by atoms with van der Waals surface area (Å²) < 4.78 is 5.45. The highest BCUT2D eigenvalue weighted by Gasteiger charge is 2.22. The van der Waals surface area contributed by atoms with Gasteiger partial charge in [-0.2, -0.15) is 0 Å². The molecular weight excluding hydrogens is 252 g/mol. The minimum absolute atomic E-state index is 0.0898. The molecule has 0 saturated carbocycles. The van der Waals surface area contributed by atoms with Crippen molar-refractivity contribution >= 4 is 11.6 Å². The zero-order valence-electron chi connectivity index (χ0n) is 12.6. The van der Waals surface area contributed by atoms with E-state index in [1.165, 1.54) is 5.69 Å². The van der Waals surface area contributed by atoms with Crippen molar-refractivity contribution in [1.29, 1.82) is 0 Å². The van der Waals surface area contributed by atoms with Crippen molar-refractivity contribution < 1.29 is 9.53 Å². The largest absolute Gasteiger partial charge is 0.494 e. The van der Waals surface area contributed by atoms with Crippen molar-refractivity contribution in [2.45, 2.75) is 20.8 Å². The van der Waals surface area contributed by atoms with Crippen LogP contribution in [-0.4, -0.2) is 43.6 Å². The standard InChI is InChI=1S/C16H24N2O2/c1-4-20-15-7-5-14(6-8-15)17-9-11-18(12-10-17)16(19)13(2)3/h5-8,13H,4,9-12H2,1-3H3. The van der Waals surface area contributed by atoms with E-state index in [1.54, 1.807) is 0 Å². The van der Waals surface area contributed by atoms with Gasteiger partial charge in [0, 0.05) is 37.8 Å². The number of hydrogen-bond donors (Lipinski definition) is 0. The summed E-state index contributed by atoms with van der Waals surface area (Å²) in [5.74, 6) is 1.26. The zero-order chi connectivity index (χ0) is 14.5. The Bertz CT molecular complexity index is 434. The highest BCUT2D eigenvalue weighted by atomic mass is 16.5. The Kier molecular flexibility index (Phi) is 4.88. The SMILES string of the molecule is CCOc1ccc(N2CCN(C(=O)C(C)C)CC2)cc1. The first-order chi connectivity index (χ1) is 9.61. The molecule has 110 valence electrons. The summed E-state index contributed by atoms with van der Waals surface area (Å²) in [7, 11) is 0. The van der Waals surface area contributed by atoms with E-state index in [-0.39, 0.29) is 11.8 Å². The lowest BCUT2D eigenvalue weighted by molar-refractivity contribution is -0.134.